The second-order valence-electron chi connectivity index (χ2n) is 8.19. The lowest BCUT2D eigenvalue weighted by Crippen LogP contribution is -2.40. The molecule has 8 nitrogen and oxygen atoms in total. The number of hydrogen-bond donors (Lipinski definition) is 3. The van der Waals surface area contributed by atoms with E-state index >= 15 is 0 Å². The van der Waals surface area contributed by atoms with Crippen LogP contribution < -0.4 is 5.48 Å². The van der Waals surface area contributed by atoms with Crippen molar-refractivity contribution in [3.8, 4) is 11.8 Å². The molecule has 3 aromatic rings. The molecule has 0 spiro atoms. The summed E-state index contributed by atoms with van der Waals surface area (Å²) < 4.78 is 28.7. The van der Waals surface area contributed by atoms with Gasteiger partial charge < -0.3 is 4.98 Å². The van der Waals surface area contributed by atoms with Gasteiger partial charge in [0.15, 0.2) is 0 Å². The molecule has 2 unspecified atom stereocenters. The lowest BCUT2D eigenvalue weighted by molar-refractivity contribution is -0.132. The van der Waals surface area contributed by atoms with E-state index in [1.54, 1.807) is 5.48 Å². The number of benzene rings is 2. The molecule has 1 aliphatic carbocycles. The first-order valence-corrected chi connectivity index (χ1v) is 12.0. The van der Waals surface area contributed by atoms with Crippen molar-refractivity contribution in [1.29, 1.82) is 0 Å². The van der Waals surface area contributed by atoms with E-state index in [4.69, 9.17) is 5.21 Å². The summed E-state index contributed by atoms with van der Waals surface area (Å²) >= 11 is 0. The van der Waals surface area contributed by atoms with Crippen LogP contribution in [0.1, 0.15) is 22.6 Å². The number of carbonyl (C=O) groups excluding carboxylic acids is 1. The van der Waals surface area contributed by atoms with Crippen LogP contribution in [-0.2, 0) is 28.0 Å². The van der Waals surface area contributed by atoms with Gasteiger partial charge in [-0.1, -0.05) is 54.3 Å². The van der Waals surface area contributed by atoms with Crippen molar-refractivity contribution in [1.82, 2.24) is 19.1 Å². The molecule has 172 valence electrons. The molecule has 33 heavy (non-hydrogen) atoms. The van der Waals surface area contributed by atoms with E-state index in [-0.39, 0.29) is 12.5 Å². The fraction of sp³-hybridized carbons (Fsp3) is 0.292. The molecule has 2 atom stereocenters. The van der Waals surface area contributed by atoms with Gasteiger partial charge in [0.2, 0.25) is 0 Å². The van der Waals surface area contributed by atoms with Crippen LogP contribution in [-0.4, -0.2) is 53.8 Å². The van der Waals surface area contributed by atoms with E-state index in [1.165, 1.54) is 22.7 Å². The van der Waals surface area contributed by atoms with Crippen molar-refractivity contribution >= 4 is 27.0 Å². The molecule has 1 amide bonds. The molecule has 2 aromatic carbocycles. The van der Waals surface area contributed by atoms with Crippen LogP contribution in [0, 0.1) is 17.8 Å². The zero-order valence-electron chi connectivity index (χ0n) is 18.4. The second kappa shape index (κ2) is 9.37. The fourth-order valence-corrected chi connectivity index (χ4v) is 5.03. The highest BCUT2D eigenvalue weighted by molar-refractivity contribution is 7.86. The highest BCUT2D eigenvalue weighted by Crippen LogP contribution is 2.30. The summed E-state index contributed by atoms with van der Waals surface area (Å²) in [6, 6.07) is 15.4. The summed E-state index contributed by atoms with van der Waals surface area (Å²) in [4.78, 5) is 14.9. The van der Waals surface area contributed by atoms with Crippen molar-refractivity contribution in [3.63, 3.8) is 0 Å². The summed E-state index contributed by atoms with van der Waals surface area (Å²) in [7, 11) is -0.581. The SMILES string of the molecule is CN(C)S(=O)(=O)N(CCc1c[nH]c2ccccc12)Cc1ccc(C2C#CC2C(=O)NO)cc1. The van der Waals surface area contributed by atoms with E-state index in [1.807, 2.05) is 54.7 Å². The first-order chi connectivity index (χ1) is 15.8. The third-order valence-corrected chi connectivity index (χ3v) is 7.80. The zero-order chi connectivity index (χ0) is 23.6. The Kier molecular flexibility index (Phi) is 6.54. The first-order valence-electron chi connectivity index (χ1n) is 10.6. The Morgan fingerprint density at radius 3 is 2.48 bits per heavy atom. The second-order valence-corrected chi connectivity index (χ2v) is 10.3. The maximum Gasteiger partial charge on any atom is 0.281 e. The normalized spacial score (nSPS) is 17.6. The topological polar surface area (TPSA) is 106 Å². The molecule has 1 aliphatic rings. The Bertz CT molecular complexity index is 1320. The molecule has 0 aliphatic heterocycles. The summed E-state index contributed by atoms with van der Waals surface area (Å²) in [5, 5.41) is 9.93. The molecule has 3 N–H and O–H groups in total. The number of aromatic nitrogens is 1. The molecule has 0 radical (unpaired) electrons. The van der Waals surface area contributed by atoms with Gasteiger partial charge in [-0.15, -0.1) is 0 Å². The van der Waals surface area contributed by atoms with E-state index < -0.39 is 22.0 Å². The highest BCUT2D eigenvalue weighted by Gasteiger charge is 2.32. The average molecular weight is 467 g/mol. The number of rotatable bonds is 9. The third kappa shape index (κ3) is 4.65. The number of nitrogens with zero attached hydrogens (tertiary/aromatic N) is 2. The number of aromatic amines is 1. The third-order valence-electron chi connectivity index (χ3n) is 5.91. The quantitative estimate of drug-likeness (QED) is 0.255. The molecule has 1 heterocycles. The van der Waals surface area contributed by atoms with Crippen molar-refractivity contribution in [2.45, 2.75) is 18.9 Å². The highest BCUT2D eigenvalue weighted by atomic mass is 32.2. The minimum atomic E-state index is -3.63. The standard InChI is InChI=1S/C24H26N4O4S/c1-27(2)33(31,32)28(14-13-19-15-25-23-6-4-3-5-21(19)23)16-17-7-9-18(10-8-17)20-11-12-22(20)24(29)26-30/h3-10,15,20,22,25,30H,13-14,16H2,1-2H3,(H,26,29). The number of nitrogens with one attached hydrogen (secondary N) is 2. The average Bonchev–Trinajstić information content (AvgIpc) is 3.19. The van der Waals surface area contributed by atoms with Crippen molar-refractivity contribution in [3.05, 3.63) is 71.4 Å². The number of fused-ring (bicyclic) bond motifs is 1. The molecular formula is C24H26N4O4S. The zero-order valence-corrected chi connectivity index (χ0v) is 19.3. The van der Waals surface area contributed by atoms with Crippen LogP contribution in [0.4, 0.5) is 0 Å². The smallest absolute Gasteiger partial charge is 0.281 e. The number of H-pyrrole nitrogens is 1. The minimum absolute atomic E-state index is 0.222. The molecule has 0 saturated carbocycles. The lowest BCUT2D eigenvalue weighted by Gasteiger charge is -2.26. The number of hydroxylamine groups is 1. The fourth-order valence-electron chi connectivity index (χ4n) is 3.94. The van der Waals surface area contributed by atoms with Crippen LogP contribution >= 0.6 is 0 Å². The molecular weight excluding hydrogens is 440 g/mol. The van der Waals surface area contributed by atoms with Gasteiger partial charge in [-0.25, -0.2) is 5.48 Å². The molecule has 0 saturated heterocycles. The van der Waals surface area contributed by atoms with Gasteiger partial charge in [-0.3, -0.25) is 10.0 Å². The van der Waals surface area contributed by atoms with Gasteiger partial charge >= 0.3 is 0 Å². The van der Waals surface area contributed by atoms with E-state index in [2.05, 4.69) is 16.8 Å². The van der Waals surface area contributed by atoms with Crippen molar-refractivity contribution in [2.75, 3.05) is 20.6 Å². The predicted octanol–water partition coefficient (Wildman–Crippen LogP) is 2.24. The van der Waals surface area contributed by atoms with Crippen LogP contribution in [0.2, 0.25) is 0 Å². The van der Waals surface area contributed by atoms with Crippen LogP contribution in [0.5, 0.6) is 0 Å². The van der Waals surface area contributed by atoms with E-state index in [9.17, 15) is 13.2 Å². The maximum absolute atomic E-state index is 13.0. The van der Waals surface area contributed by atoms with E-state index in [0.29, 0.717) is 13.0 Å². The van der Waals surface area contributed by atoms with Crippen LogP contribution in [0.3, 0.4) is 0 Å². The Balaban J connectivity index is 1.50. The van der Waals surface area contributed by atoms with Crippen molar-refractivity contribution < 1.29 is 18.4 Å². The number of amides is 1. The Morgan fingerprint density at radius 2 is 1.85 bits per heavy atom. The Labute approximate surface area is 193 Å². The molecule has 9 heteroatoms. The van der Waals surface area contributed by atoms with E-state index in [0.717, 1.165) is 27.6 Å². The van der Waals surface area contributed by atoms with Gasteiger partial charge in [0, 0.05) is 44.3 Å². The minimum Gasteiger partial charge on any atom is -0.361 e. The van der Waals surface area contributed by atoms with Gasteiger partial charge in [-0.05, 0) is 29.2 Å². The Morgan fingerprint density at radius 1 is 1.12 bits per heavy atom. The summed E-state index contributed by atoms with van der Waals surface area (Å²) in [6.07, 6.45) is 2.50. The summed E-state index contributed by atoms with van der Waals surface area (Å²) in [6.45, 7) is 0.553. The molecule has 4 rings (SSSR count). The van der Waals surface area contributed by atoms with Crippen LogP contribution in [0.15, 0.2) is 54.7 Å². The Hall–Kier alpha value is -3.16. The monoisotopic (exact) mass is 466 g/mol. The summed E-state index contributed by atoms with van der Waals surface area (Å²) in [5.41, 5.74) is 5.42. The number of para-hydroxylation sites is 1. The van der Waals surface area contributed by atoms with Gasteiger partial charge in [0.05, 0.1) is 5.92 Å². The van der Waals surface area contributed by atoms with Gasteiger partial charge in [0.25, 0.3) is 16.1 Å². The number of hydrogen-bond acceptors (Lipinski definition) is 4. The van der Waals surface area contributed by atoms with Gasteiger partial charge in [0.1, 0.15) is 5.92 Å². The van der Waals surface area contributed by atoms with Crippen molar-refractivity contribution in [2.24, 2.45) is 5.92 Å². The largest absolute Gasteiger partial charge is 0.361 e. The molecule has 0 bridgehead atoms. The summed E-state index contributed by atoms with van der Waals surface area (Å²) in [5.74, 6) is 4.30. The lowest BCUT2D eigenvalue weighted by atomic mass is 9.79. The van der Waals surface area contributed by atoms with Crippen LogP contribution in [0.25, 0.3) is 10.9 Å². The molecule has 0 fully saturated rings. The maximum atomic E-state index is 13.0. The predicted molar refractivity (Wildman–Crippen MR) is 125 cm³/mol. The number of carbonyl (C=O) groups is 1. The van der Waals surface area contributed by atoms with Gasteiger partial charge in [-0.2, -0.15) is 17.0 Å². The first kappa shape index (κ1) is 23.0. The molecule has 1 aromatic heterocycles.